The van der Waals surface area contributed by atoms with E-state index in [0.717, 1.165) is 54.5 Å². The van der Waals surface area contributed by atoms with E-state index < -0.39 is 0 Å². The second kappa shape index (κ2) is 9.10. The standard InChI is InChI=1S/C26H16Br2N4/c27-25-13-5-11-21(31-25)23-15-18(16-24(30-23)22-12-6-14-26(28)32-22)20-10-4-9-19(29-20)17-7-2-1-3-8-17/h1-16H. The highest BCUT2D eigenvalue weighted by atomic mass is 79.9. The molecule has 0 saturated heterocycles. The van der Waals surface area contributed by atoms with Crippen molar-refractivity contribution in [3.05, 3.63) is 106 Å². The number of rotatable bonds is 4. The molecule has 6 heteroatoms. The van der Waals surface area contributed by atoms with E-state index in [1.54, 1.807) is 0 Å². The van der Waals surface area contributed by atoms with Crippen molar-refractivity contribution >= 4 is 31.9 Å². The van der Waals surface area contributed by atoms with E-state index in [-0.39, 0.29) is 0 Å². The summed E-state index contributed by atoms with van der Waals surface area (Å²) in [5.74, 6) is 0. The molecular weight excluding hydrogens is 528 g/mol. The highest BCUT2D eigenvalue weighted by Gasteiger charge is 2.12. The predicted octanol–water partition coefficient (Wildman–Crippen LogP) is 7.46. The van der Waals surface area contributed by atoms with Crippen molar-refractivity contribution in [2.24, 2.45) is 0 Å². The highest BCUT2D eigenvalue weighted by molar-refractivity contribution is 9.10. The average molecular weight is 544 g/mol. The average Bonchev–Trinajstić information content (AvgIpc) is 2.84. The van der Waals surface area contributed by atoms with Crippen LogP contribution in [0.15, 0.2) is 106 Å². The molecule has 5 rings (SSSR count). The molecule has 4 nitrogen and oxygen atoms in total. The molecule has 154 valence electrons. The topological polar surface area (TPSA) is 51.6 Å². The second-order valence-electron chi connectivity index (χ2n) is 7.09. The maximum atomic E-state index is 4.93. The van der Waals surface area contributed by atoms with Crippen LogP contribution in [0.2, 0.25) is 0 Å². The lowest BCUT2D eigenvalue weighted by Crippen LogP contribution is -1.96. The summed E-state index contributed by atoms with van der Waals surface area (Å²) in [4.78, 5) is 19.0. The molecule has 0 saturated carbocycles. The molecule has 4 heterocycles. The number of hydrogen-bond donors (Lipinski definition) is 0. The lowest BCUT2D eigenvalue weighted by Gasteiger charge is -2.10. The van der Waals surface area contributed by atoms with Gasteiger partial charge in [-0.3, -0.25) is 0 Å². The molecule has 0 spiro atoms. The van der Waals surface area contributed by atoms with Gasteiger partial charge in [-0.2, -0.15) is 0 Å². The molecule has 0 aliphatic carbocycles. The van der Waals surface area contributed by atoms with Crippen molar-refractivity contribution in [3.63, 3.8) is 0 Å². The molecule has 4 aromatic heterocycles. The van der Waals surface area contributed by atoms with Crippen molar-refractivity contribution in [2.45, 2.75) is 0 Å². The van der Waals surface area contributed by atoms with Gasteiger partial charge < -0.3 is 0 Å². The van der Waals surface area contributed by atoms with Crippen LogP contribution in [-0.4, -0.2) is 19.9 Å². The summed E-state index contributed by atoms with van der Waals surface area (Å²) < 4.78 is 1.52. The molecule has 0 atom stereocenters. The zero-order valence-corrected chi connectivity index (χ0v) is 20.0. The first-order valence-electron chi connectivity index (χ1n) is 9.96. The molecule has 0 amide bonds. The molecule has 0 unspecified atom stereocenters. The van der Waals surface area contributed by atoms with Gasteiger partial charge in [-0.05, 0) is 80.4 Å². The normalized spacial score (nSPS) is 10.8. The molecule has 0 fully saturated rings. The first-order chi connectivity index (χ1) is 15.7. The Balaban J connectivity index is 1.68. The third-order valence-electron chi connectivity index (χ3n) is 4.89. The van der Waals surface area contributed by atoms with Gasteiger partial charge in [-0.25, -0.2) is 19.9 Å². The summed E-state index contributed by atoms with van der Waals surface area (Å²) in [6.45, 7) is 0. The Hall–Kier alpha value is -3.22. The Morgan fingerprint density at radius 1 is 0.375 bits per heavy atom. The van der Waals surface area contributed by atoms with Crippen LogP contribution in [0, 0.1) is 0 Å². The lowest BCUT2D eigenvalue weighted by atomic mass is 10.1. The fourth-order valence-corrected chi connectivity index (χ4v) is 4.10. The van der Waals surface area contributed by atoms with Crippen LogP contribution >= 0.6 is 31.9 Å². The summed E-state index contributed by atoms with van der Waals surface area (Å²) in [6.07, 6.45) is 0. The Bertz CT molecular complexity index is 1340. The van der Waals surface area contributed by atoms with Crippen molar-refractivity contribution in [1.29, 1.82) is 0 Å². The maximum Gasteiger partial charge on any atom is 0.106 e. The first-order valence-corrected chi connectivity index (χ1v) is 11.6. The molecule has 1 aromatic carbocycles. The lowest BCUT2D eigenvalue weighted by molar-refractivity contribution is 1.19. The summed E-state index contributed by atoms with van der Waals surface area (Å²) in [5.41, 5.74) is 6.87. The number of pyridine rings is 4. The molecule has 0 N–H and O–H groups in total. The highest BCUT2D eigenvalue weighted by Crippen LogP contribution is 2.30. The number of nitrogens with zero attached hydrogens (tertiary/aromatic N) is 4. The number of benzene rings is 1. The van der Waals surface area contributed by atoms with Crippen LogP contribution in [0.25, 0.3) is 45.3 Å². The monoisotopic (exact) mass is 542 g/mol. The van der Waals surface area contributed by atoms with Gasteiger partial charge in [0.2, 0.25) is 0 Å². The summed E-state index contributed by atoms with van der Waals surface area (Å²) in [7, 11) is 0. The third kappa shape index (κ3) is 4.52. The van der Waals surface area contributed by atoms with E-state index in [4.69, 9.17) is 9.97 Å². The molecule has 0 aliphatic rings. The van der Waals surface area contributed by atoms with Crippen LogP contribution in [0.3, 0.4) is 0 Å². The van der Waals surface area contributed by atoms with Gasteiger partial charge in [0.15, 0.2) is 0 Å². The van der Waals surface area contributed by atoms with E-state index in [1.807, 2.05) is 84.9 Å². The van der Waals surface area contributed by atoms with Crippen LogP contribution in [0.5, 0.6) is 0 Å². The van der Waals surface area contributed by atoms with Gasteiger partial charge in [0.1, 0.15) is 9.21 Å². The minimum atomic E-state index is 0.757. The van der Waals surface area contributed by atoms with Gasteiger partial charge in [0, 0.05) is 11.1 Å². The molecule has 0 bridgehead atoms. The number of hydrogen-bond acceptors (Lipinski definition) is 4. The van der Waals surface area contributed by atoms with E-state index >= 15 is 0 Å². The SMILES string of the molecule is Brc1cccc(-c2cc(-c3cccc(-c4ccccc4)n3)cc(-c3cccc(Br)n3)n2)n1. The largest absolute Gasteiger partial charge is 0.248 e. The Morgan fingerprint density at radius 3 is 1.41 bits per heavy atom. The quantitative estimate of drug-likeness (QED) is 0.221. The Morgan fingerprint density at radius 2 is 0.844 bits per heavy atom. The fourth-order valence-electron chi connectivity index (χ4n) is 3.41. The summed E-state index contributed by atoms with van der Waals surface area (Å²) >= 11 is 6.92. The smallest absolute Gasteiger partial charge is 0.106 e. The van der Waals surface area contributed by atoms with Gasteiger partial charge in [0.05, 0.1) is 34.2 Å². The number of halogens is 2. The minimum Gasteiger partial charge on any atom is -0.248 e. The van der Waals surface area contributed by atoms with Crippen molar-refractivity contribution in [3.8, 4) is 45.3 Å². The Kier molecular flexibility index (Phi) is 5.88. The van der Waals surface area contributed by atoms with E-state index in [0.29, 0.717) is 0 Å². The van der Waals surface area contributed by atoms with Crippen molar-refractivity contribution in [2.75, 3.05) is 0 Å². The van der Waals surface area contributed by atoms with E-state index in [2.05, 4.69) is 54.0 Å². The van der Waals surface area contributed by atoms with Crippen LogP contribution < -0.4 is 0 Å². The summed E-state index contributed by atoms with van der Waals surface area (Å²) in [6, 6.07) is 31.9. The van der Waals surface area contributed by atoms with Crippen LogP contribution in [0.4, 0.5) is 0 Å². The minimum absolute atomic E-state index is 0.757. The van der Waals surface area contributed by atoms with Crippen molar-refractivity contribution < 1.29 is 0 Å². The van der Waals surface area contributed by atoms with Crippen molar-refractivity contribution in [1.82, 2.24) is 19.9 Å². The summed E-state index contributed by atoms with van der Waals surface area (Å²) in [5, 5.41) is 0. The predicted molar refractivity (Wildman–Crippen MR) is 135 cm³/mol. The number of aromatic nitrogens is 4. The van der Waals surface area contributed by atoms with E-state index in [9.17, 15) is 0 Å². The molecular formula is C26H16Br2N4. The van der Waals surface area contributed by atoms with Gasteiger partial charge in [-0.1, -0.05) is 48.5 Å². The molecule has 0 aliphatic heterocycles. The Labute approximate surface area is 202 Å². The van der Waals surface area contributed by atoms with Gasteiger partial charge in [-0.15, -0.1) is 0 Å². The van der Waals surface area contributed by atoms with Gasteiger partial charge >= 0.3 is 0 Å². The van der Waals surface area contributed by atoms with Gasteiger partial charge in [0.25, 0.3) is 0 Å². The van der Waals surface area contributed by atoms with Crippen LogP contribution in [-0.2, 0) is 0 Å². The van der Waals surface area contributed by atoms with Crippen LogP contribution in [0.1, 0.15) is 0 Å². The van der Waals surface area contributed by atoms with E-state index in [1.165, 1.54) is 0 Å². The fraction of sp³-hybridized carbons (Fsp3) is 0. The maximum absolute atomic E-state index is 4.93. The second-order valence-corrected chi connectivity index (χ2v) is 8.72. The molecule has 32 heavy (non-hydrogen) atoms. The molecule has 5 aromatic rings. The zero-order valence-electron chi connectivity index (χ0n) is 16.8. The molecule has 0 radical (unpaired) electrons. The first kappa shape index (κ1) is 20.7. The zero-order chi connectivity index (χ0) is 21.9. The third-order valence-corrected chi connectivity index (χ3v) is 5.78.